The Morgan fingerprint density at radius 2 is 2.18 bits per heavy atom. The molecule has 0 fully saturated rings. The molecular formula is C13H15N3O. The largest absolute Gasteiger partial charge is 0.497 e. The first-order chi connectivity index (χ1) is 8.28. The summed E-state index contributed by atoms with van der Waals surface area (Å²) >= 11 is 0. The Hall–Kier alpha value is -2.23. The van der Waals surface area contributed by atoms with E-state index in [1.807, 2.05) is 24.3 Å². The predicted octanol–water partition coefficient (Wildman–Crippen LogP) is 2.28. The van der Waals surface area contributed by atoms with Gasteiger partial charge >= 0.3 is 0 Å². The first-order valence-electron chi connectivity index (χ1n) is 5.36. The summed E-state index contributed by atoms with van der Waals surface area (Å²) in [5.41, 5.74) is 7.51. The summed E-state index contributed by atoms with van der Waals surface area (Å²) in [5.74, 6) is 1.62. The van der Waals surface area contributed by atoms with Crippen LogP contribution in [0.25, 0.3) is 0 Å². The maximum absolute atomic E-state index is 5.67. The minimum atomic E-state index is 0.688. The van der Waals surface area contributed by atoms with Crippen LogP contribution in [0.4, 0.5) is 11.5 Å². The Labute approximate surface area is 100 Å². The third-order valence-corrected chi connectivity index (χ3v) is 2.39. The van der Waals surface area contributed by atoms with Gasteiger partial charge in [0.25, 0.3) is 0 Å². The Bertz CT molecular complexity index is 500. The van der Waals surface area contributed by atoms with Crippen molar-refractivity contribution in [2.45, 2.75) is 6.54 Å². The number of pyridine rings is 1. The zero-order valence-corrected chi connectivity index (χ0v) is 9.68. The van der Waals surface area contributed by atoms with Gasteiger partial charge in [0.2, 0.25) is 0 Å². The van der Waals surface area contributed by atoms with E-state index in [-0.39, 0.29) is 0 Å². The van der Waals surface area contributed by atoms with Crippen molar-refractivity contribution in [2.24, 2.45) is 0 Å². The van der Waals surface area contributed by atoms with Crippen LogP contribution in [0.2, 0.25) is 0 Å². The molecule has 2 aromatic rings. The molecule has 1 heterocycles. The molecule has 0 aliphatic rings. The van der Waals surface area contributed by atoms with Gasteiger partial charge in [-0.25, -0.2) is 4.98 Å². The van der Waals surface area contributed by atoms with Crippen molar-refractivity contribution in [1.82, 2.24) is 4.98 Å². The summed E-state index contributed by atoms with van der Waals surface area (Å²) in [6.45, 7) is 0.688. The van der Waals surface area contributed by atoms with Crippen LogP contribution in [-0.4, -0.2) is 12.1 Å². The van der Waals surface area contributed by atoms with Crippen molar-refractivity contribution in [3.63, 3.8) is 0 Å². The van der Waals surface area contributed by atoms with Gasteiger partial charge in [-0.15, -0.1) is 0 Å². The monoisotopic (exact) mass is 229 g/mol. The molecule has 4 nitrogen and oxygen atoms in total. The predicted molar refractivity (Wildman–Crippen MR) is 69.0 cm³/mol. The van der Waals surface area contributed by atoms with E-state index in [1.54, 1.807) is 25.4 Å². The van der Waals surface area contributed by atoms with Gasteiger partial charge in [-0.05, 0) is 23.8 Å². The molecule has 0 aliphatic carbocycles. The number of nitrogens with zero attached hydrogens (tertiary/aromatic N) is 1. The molecule has 0 aliphatic heterocycles. The van der Waals surface area contributed by atoms with E-state index in [4.69, 9.17) is 10.5 Å². The highest BCUT2D eigenvalue weighted by Crippen LogP contribution is 2.14. The molecule has 4 heteroatoms. The van der Waals surface area contributed by atoms with Crippen LogP contribution in [0.3, 0.4) is 0 Å². The van der Waals surface area contributed by atoms with Crippen molar-refractivity contribution in [1.29, 1.82) is 0 Å². The summed E-state index contributed by atoms with van der Waals surface area (Å²) in [5, 5.41) is 3.21. The SMILES string of the molecule is COc1cccc(CNc2cc(N)ccn2)c1. The Kier molecular flexibility index (Phi) is 3.45. The molecule has 0 spiro atoms. The molecule has 0 radical (unpaired) electrons. The van der Waals surface area contributed by atoms with Crippen LogP contribution in [0.1, 0.15) is 5.56 Å². The number of hydrogen-bond acceptors (Lipinski definition) is 4. The number of methoxy groups -OCH3 is 1. The highest BCUT2D eigenvalue weighted by molar-refractivity contribution is 5.48. The van der Waals surface area contributed by atoms with Crippen molar-refractivity contribution < 1.29 is 4.74 Å². The molecule has 0 saturated heterocycles. The molecule has 0 atom stereocenters. The number of nitrogens with two attached hydrogens (primary N) is 1. The second-order valence-corrected chi connectivity index (χ2v) is 3.68. The number of aromatic nitrogens is 1. The van der Waals surface area contributed by atoms with Crippen molar-refractivity contribution in [3.05, 3.63) is 48.2 Å². The summed E-state index contributed by atoms with van der Waals surface area (Å²) in [6, 6.07) is 11.5. The topological polar surface area (TPSA) is 60.2 Å². The fraction of sp³-hybridized carbons (Fsp3) is 0.154. The molecule has 1 aromatic heterocycles. The maximum Gasteiger partial charge on any atom is 0.128 e. The summed E-state index contributed by atoms with van der Waals surface area (Å²) < 4.78 is 5.16. The van der Waals surface area contributed by atoms with E-state index >= 15 is 0 Å². The number of hydrogen-bond donors (Lipinski definition) is 2. The third kappa shape index (κ3) is 3.11. The molecule has 0 unspecified atom stereocenters. The van der Waals surface area contributed by atoms with Crippen LogP contribution in [0.5, 0.6) is 5.75 Å². The smallest absolute Gasteiger partial charge is 0.128 e. The quantitative estimate of drug-likeness (QED) is 0.844. The lowest BCUT2D eigenvalue weighted by Gasteiger charge is -2.07. The fourth-order valence-corrected chi connectivity index (χ4v) is 1.52. The van der Waals surface area contributed by atoms with E-state index in [0.717, 1.165) is 17.1 Å². The summed E-state index contributed by atoms with van der Waals surface area (Å²) in [6.07, 6.45) is 1.68. The van der Waals surface area contributed by atoms with Gasteiger partial charge in [-0.3, -0.25) is 0 Å². The van der Waals surface area contributed by atoms with E-state index in [1.165, 1.54) is 0 Å². The minimum Gasteiger partial charge on any atom is -0.497 e. The molecule has 88 valence electrons. The standard InChI is InChI=1S/C13H15N3O/c1-17-12-4-2-3-10(7-12)9-16-13-8-11(14)5-6-15-13/h2-8H,9H2,1H3,(H3,14,15,16). The van der Waals surface area contributed by atoms with Gasteiger partial charge in [-0.1, -0.05) is 12.1 Å². The van der Waals surface area contributed by atoms with Crippen LogP contribution < -0.4 is 15.8 Å². The number of benzene rings is 1. The number of nitrogen functional groups attached to an aromatic ring is 1. The van der Waals surface area contributed by atoms with E-state index < -0.39 is 0 Å². The van der Waals surface area contributed by atoms with Crippen LogP contribution in [0, 0.1) is 0 Å². The molecule has 0 bridgehead atoms. The van der Waals surface area contributed by atoms with Crippen molar-refractivity contribution in [2.75, 3.05) is 18.2 Å². The van der Waals surface area contributed by atoms with Gasteiger partial charge in [0.1, 0.15) is 11.6 Å². The highest BCUT2D eigenvalue weighted by atomic mass is 16.5. The Morgan fingerprint density at radius 1 is 1.29 bits per heavy atom. The first kappa shape index (κ1) is 11.3. The molecule has 0 amide bonds. The lowest BCUT2D eigenvalue weighted by Crippen LogP contribution is -2.02. The number of ether oxygens (including phenoxy) is 1. The average Bonchev–Trinajstić information content (AvgIpc) is 2.37. The van der Waals surface area contributed by atoms with Crippen molar-refractivity contribution >= 4 is 11.5 Å². The van der Waals surface area contributed by atoms with E-state index in [2.05, 4.69) is 10.3 Å². The lowest BCUT2D eigenvalue weighted by molar-refractivity contribution is 0.414. The second-order valence-electron chi connectivity index (χ2n) is 3.68. The number of rotatable bonds is 4. The molecule has 0 saturated carbocycles. The van der Waals surface area contributed by atoms with Crippen LogP contribution in [0.15, 0.2) is 42.6 Å². The molecule has 3 N–H and O–H groups in total. The Balaban J connectivity index is 2.02. The molecule has 1 aromatic carbocycles. The first-order valence-corrected chi connectivity index (χ1v) is 5.36. The molecular weight excluding hydrogens is 214 g/mol. The zero-order valence-electron chi connectivity index (χ0n) is 9.68. The normalized spacial score (nSPS) is 9.94. The van der Waals surface area contributed by atoms with Gasteiger partial charge in [-0.2, -0.15) is 0 Å². The van der Waals surface area contributed by atoms with Crippen LogP contribution >= 0.6 is 0 Å². The molecule has 17 heavy (non-hydrogen) atoms. The molecule has 2 rings (SSSR count). The van der Waals surface area contributed by atoms with Gasteiger partial charge in [0.05, 0.1) is 7.11 Å². The maximum atomic E-state index is 5.67. The van der Waals surface area contributed by atoms with Gasteiger partial charge < -0.3 is 15.8 Å². The third-order valence-electron chi connectivity index (χ3n) is 2.39. The zero-order chi connectivity index (χ0) is 12.1. The second kappa shape index (κ2) is 5.21. The van der Waals surface area contributed by atoms with E-state index in [0.29, 0.717) is 12.2 Å². The summed E-state index contributed by atoms with van der Waals surface area (Å²) in [4.78, 5) is 4.17. The van der Waals surface area contributed by atoms with Gasteiger partial charge in [0.15, 0.2) is 0 Å². The number of anilines is 2. The van der Waals surface area contributed by atoms with Crippen molar-refractivity contribution in [3.8, 4) is 5.75 Å². The Morgan fingerprint density at radius 3 is 2.94 bits per heavy atom. The summed E-state index contributed by atoms with van der Waals surface area (Å²) in [7, 11) is 1.66. The fourth-order valence-electron chi connectivity index (χ4n) is 1.52. The van der Waals surface area contributed by atoms with E-state index in [9.17, 15) is 0 Å². The highest BCUT2D eigenvalue weighted by Gasteiger charge is 1.97. The van der Waals surface area contributed by atoms with Gasteiger partial charge in [0, 0.05) is 24.5 Å². The van der Waals surface area contributed by atoms with Crippen LogP contribution in [-0.2, 0) is 6.54 Å². The minimum absolute atomic E-state index is 0.688. The number of nitrogens with one attached hydrogen (secondary N) is 1. The average molecular weight is 229 g/mol. The lowest BCUT2D eigenvalue weighted by atomic mass is 10.2.